The van der Waals surface area contributed by atoms with Crippen molar-refractivity contribution in [1.82, 2.24) is 9.97 Å². The van der Waals surface area contributed by atoms with Crippen molar-refractivity contribution in [3.05, 3.63) is 10.8 Å². The number of hydrogen-bond acceptors (Lipinski definition) is 7. The third kappa shape index (κ3) is 5.88. The minimum atomic E-state index is -0.0745. The van der Waals surface area contributed by atoms with E-state index in [4.69, 9.17) is 17.3 Å². The molecule has 8 heteroatoms. The summed E-state index contributed by atoms with van der Waals surface area (Å²) >= 11 is 8.03. The zero-order chi connectivity index (χ0) is 18.2. The van der Waals surface area contributed by atoms with Crippen LogP contribution < -0.4 is 22.1 Å². The summed E-state index contributed by atoms with van der Waals surface area (Å²) in [5.41, 5.74) is 12.0. The van der Waals surface area contributed by atoms with E-state index in [1.54, 1.807) is 0 Å². The monoisotopic (exact) mass is 386 g/mol. The van der Waals surface area contributed by atoms with Crippen LogP contribution in [0.1, 0.15) is 57.1 Å². The SMILES string of the molecule is CN.C[C@@H]1CSCNc2nc(Cl)nc(NC3CCCCC3)c2C(N)C1. The average Bonchev–Trinajstić information content (AvgIpc) is 2.67. The number of nitrogens with zero attached hydrogens (tertiary/aromatic N) is 2. The van der Waals surface area contributed by atoms with Gasteiger partial charge in [-0.2, -0.15) is 0 Å². The highest BCUT2D eigenvalue weighted by Gasteiger charge is 2.25. The van der Waals surface area contributed by atoms with Crippen LogP contribution >= 0.6 is 23.4 Å². The van der Waals surface area contributed by atoms with Gasteiger partial charge in [-0.1, -0.05) is 26.2 Å². The Bertz CT molecular complexity index is 538. The number of aromatic nitrogens is 2. The number of nitrogens with one attached hydrogen (secondary N) is 2. The zero-order valence-corrected chi connectivity index (χ0v) is 16.8. The van der Waals surface area contributed by atoms with Gasteiger partial charge in [-0.05, 0) is 49.6 Å². The quantitative estimate of drug-likeness (QED) is 0.576. The molecule has 0 bridgehead atoms. The van der Waals surface area contributed by atoms with Gasteiger partial charge < -0.3 is 22.1 Å². The normalized spacial score (nSPS) is 24.5. The van der Waals surface area contributed by atoms with Gasteiger partial charge in [-0.3, -0.25) is 0 Å². The smallest absolute Gasteiger partial charge is 0.226 e. The van der Waals surface area contributed by atoms with Crippen LogP contribution in [0.15, 0.2) is 0 Å². The Hall–Kier alpha value is -0.760. The van der Waals surface area contributed by atoms with Crippen molar-refractivity contribution in [1.29, 1.82) is 0 Å². The fourth-order valence-corrected chi connectivity index (χ4v) is 4.54. The molecular weight excluding hydrogens is 356 g/mol. The number of fused-ring (bicyclic) bond motifs is 1. The molecule has 1 fully saturated rings. The molecule has 2 atom stereocenters. The van der Waals surface area contributed by atoms with Gasteiger partial charge in [-0.15, -0.1) is 11.8 Å². The predicted octanol–water partition coefficient (Wildman–Crippen LogP) is 3.59. The first-order valence-electron chi connectivity index (χ1n) is 9.12. The van der Waals surface area contributed by atoms with E-state index in [9.17, 15) is 0 Å². The summed E-state index contributed by atoms with van der Waals surface area (Å²) in [6, 6.07) is 0.389. The van der Waals surface area contributed by atoms with Crippen molar-refractivity contribution in [3.8, 4) is 0 Å². The molecule has 1 saturated carbocycles. The number of thioether (sulfide) groups is 1. The summed E-state index contributed by atoms with van der Waals surface area (Å²) in [6.45, 7) is 2.25. The van der Waals surface area contributed by atoms with E-state index in [0.29, 0.717) is 12.0 Å². The molecule has 25 heavy (non-hydrogen) atoms. The molecule has 0 radical (unpaired) electrons. The first-order valence-corrected chi connectivity index (χ1v) is 10.7. The Labute approximate surface area is 160 Å². The second kappa shape index (κ2) is 10.4. The largest absolute Gasteiger partial charge is 0.367 e. The number of hydrogen-bond donors (Lipinski definition) is 4. The second-order valence-electron chi connectivity index (χ2n) is 6.72. The van der Waals surface area contributed by atoms with E-state index < -0.39 is 0 Å². The lowest BCUT2D eigenvalue weighted by molar-refractivity contribution is 0.460. The fourth-order valence-electron chi connectivity index (χ4n) is 3.48. The van der Waals surface area contributed by atoms with Gasteiger partial charge in [-0.25, -0.2) is 9.97 Å². The van der Waals surface area contributed by atoms with E-state index in [1.165, 1.54) is 39.2 Å². The van der Waals surface area contributed by atoms with Gasteiger partial charge >= 0.3 is 0 Å². The van der Waals surface area contributed by atoms with E-state index >= 15 is 0 Å². The van der Waals surface area contributed by atoms with Crippen LogP contribution in [0.3, 0.4) is 0 Å². The lowest BCUT2D eigenvalue weighted by Crippen LogP contribution is -2.26. The number of rotatable bonds is 2. The lowest BCUT2D eigenvalue weighted by Gasteiger charge is -2.27. The van der Waals surface area contributed by atoms with E-state index in [1.807, 2.05) is 11.8 Å². The third-order valence-corrected chi connectivity index (χ3v) is 5.96. The maximum absolute atomic E-state index is 6.52. The highest BCUT2D eigenvalue weighted by Crippen LogP contribution is 2.35. The van der Waals surface area contributed by atoms with Crippen LogP contribution in [0, 0.1) is 5.92 Å². The summed E-state index contributed by atoms with van der Waals surface area (Å²) in [7, 11) is 1.50. The topological polar surface area (TPSA) is 102 Å². The Kier molecular flexibility index (Phi) is 8.55. The van der Waals surface area contributed by atoms with Crippen molar-refractivity contribution >= 4 is 35.0 Å². The summed E-state index contributed by atoms with van der Waals surface area (Å²) in [4.78, 5) is 8.87. The van der Waals surface area contributed by atoms with Crippen molar-refractivity contribution in [2.75, 3.05) is 29.3 Å². The van der Waals surface area contributed by atoms with Crippen LogP contribution in [-0.4, -0.2) is 34.7 Å². The standard InChI is InChI=1S/C16H26ClN5S.CH5N/c1-10-7-12(18)13-14(19-9-23-8-10)21-16(17)22-15(13)20-11-5-3-2-4-6-11;1-2/h10-12H,2-9,18H2,1H3,(H2,19,20,21,22);2H2,1H3/t10-,12?;/m0./s1. The van der Waals surface area contributed by atoms with Crippen molar-refractivity contribution in [3.63, 3.8) is 0 Å². The van der Waals surface area contributed by atoms with E-state index in [-0.39, 0.29) is 11.3 Å². The predicted molar refractivity (Wildman–Crippen MR) is 109 cm³/mol. The van der Waals surface area contributed by atoms with E-state index in [2.05, 4.69) is 33.3 Å². The first kappa shape index (κ1) is 20.6. The van der Waals surface area contributed by atoms with Gasteiger partial charge in [0.2, 0.25) is 5.28 Å². The molecule has 3 rings (SSSR count). The van der Waals surface area contributed by atoms with Crippen LogP contribution in [0.25, 0.3) is 0 Å². The highest BCUT2D eigenvalue weighted by atomic mass is 35.5. The van der Waals surface area contributed by atoms with Crippen molar-refractivity contribution in [2.24, 2.45) is 17.4 Å². The molecule has 0 amide bonds. The molecule has 1 aromatic rings. The molecule has 6 N–H and O–H groups in total. The van der Waals surface area contributed by atoms with Crippen LogP contribution in [0.5, 0.6) is 0 Å². The summed E-state index contributed by atoms with van der Waals surface area (Å²) in [6.07, 6.45) is 7.19. The van der Waals surface area contributed by atoms with E-state index in [0.717, 1.165) is 35.2 Å². The van der Waals surface area contributed by atoms with Gasteiger partial charge in [0, 0.05) is 12.1 Å². The highest BCUT2D eigenvalue weighted by molar-refractivity contribution is 7.99. The van der Waals surface area contributed by atoms with Gasteiger partial charge in [0.25, 0.3) is 0 Å². The van der Waals surface area contributed by atoms with Crippen LogP contribution in [-0.2, 0) is 0 Å². The summed E-state index contributed by atoms with van der Waals surface area (Å²) < 4.78 is 0. The molecule has 6 nitrogen and oxygen atoms in total. The van der Waals surface area contributed by atoms with Crippen molar-refractivity contribution in [2.45, 2.75) is 57.5 Å². The molecule has 1 aliphatic carbocycles. The van der Waals surface area contributed by atoms with Gasteiger partial charge in [0.1, 0.15) is 11.6 Å². The molecule has 0 saturated heterocycles. The molecule has 0 spiro atoms. The van der Waals surface area contributed by atoms with Crippen LogP contribution in [0.4, 0.5) is 11.6 Å². The lowest BCUT2D eigenvalue weighted by atomic mass is 9.94. The Balaban J connectivity index is 0.00000109. The molecule has 142 valence electrons. The van der Waals surface area contributed by atoms with Crippen molar-refractivity contribution < 1.29 is 0 Å². The van der Waals surface area contributed by atoms with Crippen LogP contribution in [0.2, 0.25) is 5.28 Å². The van der Waals surface area contributed by atoms with Gasteiger partial charge in [0.15, 0.2) is 0 Å². The summed E-state index contributed by atoms with van der Waals surface area (Å²) in [5, 5.41) is 7.26. The summed E-state index contributed by atoms with van der Waals surface area (Å²) in [5.74, 6) is 4.10. The third-order valence-electron chi connectivity index (χ3n) is 4.64. The first-order chi connectivity index (χ1) is 12.1. The Morgan fingerprint density at radius 3 is 2.64 bits per heavy atom. The number of nitrogens with two attached hydrogens (primary N) is 2. The maximum atomic E-state index is 6.52. The molecule has 1 aromatic heterocycles. The minimum Gasteiger partial charge on any atom is -0.367 e. The zero-order valence-electron chi connectivity index (χ0n) is 15.2. The average molecular weight is 387 g/mol. The minimum absolute atomic E-state index is 0.0745. The van der Waals surface area contributed by atoms with Gasteiger partial charge in [0.05, 0.1) is 11.4 Å². The molecule has 2 aliphatic rings. The number of halogens is 1. The molecule has 0 aromatic carbocycles. The Morgan fingerprint density at radius 2 is 1.92 bits per heavy atom. The molecule has 1 unspecified atom stereocenters. The number of anilines is 2. The molecular formula is C17H31ClN6S. The molecule has 1 aliphatic heterocycles. The fraction of sp³-hybridized carbons (Fsp3) is 0.765. The second-order valence-corrected chi connectivity index (χ2v) is 8.09. The maximum Gasteiger partial charge on any atom is 0.226 e. The molecule has 2 heterocycles. The Morgan fingerprint density at radius 1 is 1.20 bits per heavy atom.